The summed E-state index contributed by atoms with van der Waals surface area (Å²) in [6.45, 7) is 0. The molecule has 2 heterocycles. The van der Waals surface area contributed by atoms with Crippen LogP contribution in [0.15, 0.2) is 0 Å². The van der Waals surface area contributed by atoms with E-state index in [1.54, 1.807) is 0 Å². The molecule has 0 aromatic carbocycles. The van der Waals surface area contributed by atoms with E-state index >= 15 is 0 Å². The predicted molar refractivity (Wildman–Crippen MR) is 46.1 cm³/mol. The lowest BCUT2D eigenvalue weighted by Gasteiger charge is -2.27. The van der Waals surface area contributed by atoms with Crippen molar-refractivity contribution in [1.82, 2.24) is 5.32 Å². The minimum absolute atomic E-state index is 0.798. The smallest absolute Gasteiger partial charge is 0.0116 e. The second-order valence-corrected chi connectivity index (χ2v) is 3.88. The van der Waals surface area contributed by atoms with Crippen LogP contribution in [0.1, 0.15) is 32.1 Å². The molecule has 2 atom stereocenters. The summed E-state index contributed by atoms with van der Waals surface area (Å²) in [5.41, 5.74) is 0. The largest absolute Gasteiger partial charge is 0.311 e. The highest BCUT2D eigenvalue weighted by Gasteiger charge is 2.32. The Morgan fingerprint density at radius 1 is 1.27 bits per heavy atom. The zero-order chi connectivity index (χ0) is 7.68. The van der Waals surface area contributed by atoms with Crippen molar-refractivity contribution < 1.29 is 0 Å². The van der Waals surface area contributed by atoms with Crippen LogP contribution in [0.3, 0.4) is 0 Å². The van der Waals surface area contributed by atoms with Gasteiger partial charge in [0.2, 0.25) is 0 Å². The maximum atomic E-state index is 5.30. The average molecular weight is 149 g/mol. The molecule has 2 bridgehead atoms. The molecule has 1 heteroatoms. The van der Waals surface area contributed by atoms with Gasteiger partial charge in [-0.3, -0.25) is 0 Å². The Balaban J connectivity index is 1.93. The molecular formula is C10H15N. The number of fused-ring (bicyclic) bond motifs is 2. The molecule has 1 nitrogen and oxygen atoms in total. The van der Waals surface area contributed by atoms with E-state index in [9.17, 15) is 0 Å². The van der Waals surface area contributed by atoms with Gasteiger partial charge in [0.25, 0.3) is 0 Å². The van der Waals surface area contributed by atoms with E-state index in [0.717, 1.165) is 24.4 Å². The number of rotatable bonds is 1. The predicted octanol–water partition coefficient (Wildman–Crippen LogP) is 1.54. The van der Waals surface area contributed by atoms with Crippen LogP contribution in [0.25, 0.3) is 0 Å². The highest BCUT2D eigenvalue weighted by atomic mass is 15.0. The molecule has 2 rings (SSSR count). The molecule has 11 heavy (non-hydrogen) atoms. The van der Waals surface area contributed by atoms with Gasteiger partial charge in [0.1, 0.15) is 0 Å². The van der Waals surface area contributed by atoms with E-state index in [2.05, 4.69) is 11.2 Å². The quantitative estimate of drug-likeness (QED) is 0.558. The van der Waals surface area contributed by atoms with Crippen molar-refractivity contribution in [2.45, 2.75) is 44.2 Å². The molecule has 2 aliphatic heterocycles. The maximum Gasteiger partial charge on any atom is 0.0116 e. The summed E-state index contributed by atoms with van der Waals surface area (Å²) >= 11 is 0. The van der Waals surface area contributed by atoms with Gasteiger partial charge in [0.15, 0.2) is 0 Å². The van der Waals surface area contributed by atoms with Gasteiger partial charge >= 0.3 is 0 Å². The molecule has 60 valence electrons. The second-order valence-electron chi connectivity index (χ2n) is 3.88. The molecule has 1 N–H and O–H groups in total. The van der Waals surface area contributed by atoms with E-state index in [-0.39, 0.29) is 0 Å². The molecule has 2 aliphatic rings. The Labute approximate surface area is 68.6 Å². The van der Waals surface area contributed by atoms with Gasteiger partial charge in [-0.2, -0.15) is 0 Å². The molecule has 0 aromatic heterocycles. The van der Waals surface area contributed by atoms with Crippen LogP contribution in [0.4, 0.5) is 0 Å². The number of nitrogens with one attached hydrogen (secondary N) is 1. The van der Waals surface area contributed by atoms with Crippen molar-refractivity contribution in [2.75, 3.05) is 0 Å². The number of piperidine rings is 1. The fourth-order valence-electron chi connectivity index (χ4n) is 2.51. The highest BCUT2D eigenvalue weighted by Crippen LogP contribution is 2.32. The van der Waals surface area contributed by atoms with Crippen molar-refractivity contribution >= 4 is 0 Å². The van der Waals surface area contributed by atoms with Crippen LogP contribution in [0, 0.1) is 18.3 Å². The highest BCUT2D eigenvalue weighted by molar-refractivity contribution is 4.96. The third-order valence-corrected chi connectivity index (χ3v) is 2.98. The van der Waals surface area contributed by atoms with E-state index in [4.69, 9.17) is 6.42 Å². The van der Waals surface area contributed by atoms with Crippen molar-refractivity contribution in [1.29, 1.82) is 0 Å². The number of hydrogen-bond donors (Lipinski definition) is 1. The van der Waals surface area contributed by atoms with Gasteiger partial charge in [-0.05, 0) is 31.6 Å². The lowest BCUT2D eigenvalue weighted by atomic mass is 9.90. The molecule has 0 radical (unpaired) electrons. The molecule has 0 amide bonds. The molecule has 0 aromatic rings. The van der Waals surface area contributed by atoms with E-state index in [1.807, 2.05) is 0 Å². The van der Waals surface area contributed by atoms with Crippen molar-refractivity contribution in [2.24, 2.45) is 5.92 Å². The van der Waals surface area contributed by atoms with Crippen molar-refractivity contribution in [3.05, 3.63) is 0 Å². The summed E-state index contributed by atoms with van der Waals surface area (Å²) < 4.78 is 0. The van der Waals surface area contributed by atoms with Gasteiger partial charge in [-0.1, -0.05) is 0 Å². The van der Waals surface area contributed by atoms with E-state index in [1.165, 1.54) is 25.7 Å². The second kappa shape index (κ2) is 2.87. The Bertz CT molecular complexity index is 168. The van der Waals surface area contributed by atoms with Gasteiger partial charge in [0, 0.05) is 18.5 Å². The molecule has 0 spiro atoms. The Hall–Kier alpha value is -0.480. The molecular weight excluding hydrogens is 134 g/mol. The molecule has 2 fully saturated rings. The maximum absolute atomic E-state index is 5.30. The van der Waals surface area contributed by atoms with Gasteiger partial charge in [-0.15, -0.1) is 12.3 Å². The first-order chi connectivity index (χ1) is 5.38. The first-order valence-corrected chi connectivity index (χ1v) is 4.58. The summed E-state index contributed by atoms with van der Waals surface area (Å²) in [6, 6.07) is 1.60. The zero-order valence-corrected chi connectivity index (χ0v) is 6.84. The Morgan fingerprint density at radius 2 is 1.91 bits per heavy atom. The summed E-state index contributed by atoms with van der Waals surface area (Å²) in [7, 11) is 0. The first kappa shape index (κ1) is 7.18. The molecule has 2 unspecified atom stereocenters. The van der Waals surface area contributed by atoms with Crippen LogP contribution < -0.4 is 5.32 Å². The summed E-state index contributed by atoms with van der Waals surface area (Å²) in [5, 5.41) is 3.61. The number of terminal acetylenes is 1. The normalized spacial score (nSPS) is 41.9. The van der Waals surface area contributed by atoms with Crippen LogP contribution >= 0.6 is 0 Å². The van der Waals surface area contributed by atoms with E-state index < -0.39 is 0 Å². The van der Waals surface area contributed by atoms with E-state index in [0.29, 0.717) is 0 Å². The fraction of sp³-hybridized carbons (Fsp3) is 0.800. The summed E-state index contributed by atoms with van der Waals surface area (Å²) in [6.07, 6.45) is 11.7. The van der Waals surface area contributed by atoms with Gasteiger partial charge in [-0.25, -0.2) is 0 Å². The summed E-state index contributed by atoms with van der Waals surface area (Å²) in [5.74, 6) is 3.60. The minimum Gasteiger partial charge on any atom is -0.311 e. The molecule has 2 saturated heterocycles. The van der Waals surface area contributed by atoms with Crippen LogP contribution in [-0.2, 0) is 0 Å². The third kappa shape index (κ3) is 1.41. The monoisotopic (exact) mass is 149 g/mol. The fourth-order valence-corrected chi connectivity index (χ4v) is 2.51. The van der Waals surface area contributed by atoms with Crippen LogP contribution in [0.5, 0.6) is 0 Å². The van der Waals surface area contributed by atoms with Crippen molar-refractivity contribution in [3.8, 4) is 12.3 Å². The Morgan fingerprint density at radius 3 is 2.45 bits per heavy atom. The zero-order valence-electron chi connectivity index (χ0n) is 6.84. The minimum atomic E-state index is 0.798. The third-order valence-electron chi connectivity index (χ3n) is 2.98. The van der Waals surface area contributed by atoms with Gasteiger partial charge in [0.05, 0.1) is 0 Å². The lowest BCUT2D eigenvalue weighted by molar-refractivity contribution is 0.304. The molecule has 0 aliphatic carbocycles. The lowest BCUT2D eigenvalue weighted by Crippen LogP contribution is -2.37. The first-order valence-electron chi connectivity index (χ1n) is 4.58. The molecule has 0 saturated carbocycles. The van der Waals surface area contributed by atoms with Crippen molar-refractivity contribution in [3.63, 3.8) is 0 Å². The SMILES string of the molecule is C#CCC1CC2CCC(C1)N2. The standard InChI is InChI=1S/C10H15N/c1-2-3-8-6-9-4-5-10(7-8)11-9/h1,8-11H,3-7H2. The van der Waals surface area contributed by atoms with Crippen LogP contribution in [0.2, 0.25) is 0 Å². The Kier molecular flexibility index (Phi) is 1.87. The van der Waals surface area contributed by atoms with Gasteiger partial charge < -0.3 is 5.32 Å². The van der Waals surface area contributed by atoms with Crippen LogP contribution in [-0.4, -0.2) is 12.1 Å². The summed E-state index contributed by atoms with van der Waals surface area (Å²) in [4.78, 5) is 0. The average Bonchev–Trinajstić information content (AvgIpc) is 2.32. The topological polar surface area (TPSA) is 12.0 Å². The number of hydrogen-bond acceptors (Lipinski definition) is 1.